The van der Waals surface area contributed by atoms with Crippen molar-refractivity contribution in [3.05, 3.63) is 23.7 Å². The van der Waals surface area contributed by atoms with E-state index in [2.05, 4.69) is 27.5 Å². The molecule has 0 radical (unpaired) electrons. The molecule has 1 aliphatic heterocycles. The Morgan fingerprint density at radius 3 is 3.33 bits per heavy atom. The molecule has 3 rings (SSSR count). The van der Waals surface area contributed by atoms with Gasteiger partial charge in [-0.05, 0) is 33.9 Å². The van der Waals surface area contributed by atoms with E-state index in [0.29, 0.717) is 6.61 Å². The lowest BCUT2D eigenvalue weighted by molar-refractivity contribution is 0.0508. The third-order valence-corrected chi connectivity index (χ3v) is 6.12. The molecule has 0 saturated carbocycles. The average Bonchev–Trinajstić information content (AvgIpc) is 2.85. The van der Waals surface area contributed by atoms with Crippen LogP contribution in [0.15, 0.2) is 28.6 Å². The summed E-state index contributed by atoms with van der Waals surface area (Å²) in [4.78, 5) is 5.62. The Balaban J connectivity index is 1.67. The van der Waals surface area contributed by atoms with Crippen molar-refractivity contribution in [1.82, 2.24) is 9.29 Å². The summed E-state index contributed by atoms with van der Waals surface area (Å²) >= 11 is 7.65. The Morgan fingerprint density at radius 1 is 1.50 bits per heavy atom. The summed E-state index contributed by atoms with van der Waals surface area (Å²) in [5.74, 6) is 0. The number of morpholine rings is 1. The van der Waals surface area contributed by atoms with Crippen LogP contribution in [0.5, 0.6) is 0 Å². The second-order valence-corrected chi connectivity index (χ2v) is 7.37. The summed E-state index contributed by atoms with van der Waals surface area (Å²) in [5.41, 5.74) is 2.79. The highest BCUT2D eigenvalue weighted by atomic mass is 35.5. The molecule has 1 aromatic heterocycles. The first-order valence-electron chi connectivity index (χ1n) is 5.50. The zero-order valence-electron chi connectivity index (χ0n) is 9.41. The van der Waals surface area contributed by atoms with Crippen LogP contribution in [-0.2, 0) is 4.74 Å². The van der Waals surface area contributed by atoms with Crippen molar-refractivity contribution < 1.29 is 4.74 Å². The van der Waals surface area contributed by atoms with Gasteiger partial charge in [0.2, 0.25) is 0 Å². The van der Waals surface area contributed by atoms with Crippen LogP contribution < -0.4 is 0 Å². The monoisotopic (exact) mass is 318 g/mol. The standard InChI is InChI=1S/C11H11ClN2OS3/c12-10-6-14(4-5-15-10)18-17-9-3-1-2-8-11(9)13-7-16-8/h1-3,7,10H,4-6H2. The number of halogens is 1. The molecule has 7 heteroatoms. The van der Waals surface area contributed by atoms with Gasteiger partial charge in [0.1, 0.15) is 5.56 Å². The Bertz CT molecular complexity index is 536. The summed E-state index contributed by atoms with van der Waals surface area (Å²) < 4.78 is 8.78. The largest absolute Gasteiger partial charge is 0.360 e. The first kappa shape index (κ1) is 13.0. The maximum Gasteiger partial charge on any atom is 0.144 e. The van der Waals surface area contributed by atoms with E-state index in [4.69, 9.17) is 16.3 Å². The molecule has 2 aromatic rings. The number of fused-ring (bicyclic) bond motifs is 1. The number of hydrogen-bond acceptors (Lipinski definition) is 6. The topological polar surface area (TPSA) is 25.4 Å². The summed E-state index contributed by atoms with van der Waals surface area (Å²) in [6.07, 6.45) is 0. The molecule has 1 aromatic carbocycles. The van der Waals surface area contributed by atoms with Crippen molar-refractivity contribution in [2.75, 3.05) is 19.7 Å². The van der Waals surface area contributed by atoms with Gasteiger partial charge in [-0.2, -0.15) is 0 Å². The summed E-state index contributed by atoms with van der Waals surface area (Å²) in [6, 6.07) is 6.29. The van der Waals surface area contributed by atoms with E-state index in [1.54, 1.807) is 33.1 Å². The third kappa shape index (κ3) is 2.95. The van der Waals surface area contributed by atoms with Gasteiger partial charge < -0.3 is 4.74 Å². The second-order valence-electron chi connectivity index (χ2n) is 3.78. The molecule has 0 amide bonds. The Morgan fingerprint density at radius 2 is 2.44 bits per heavy atom. The molecule has 1 aliphatic rings. The van der Waals surface area contributed by atoms with Crippen molar-refractivity contribution in [1.29, 1.82) is 0 Å². The molecule has 1 unspecified atom stereocenters. The molecule has 96 valence electrons. The minimum atomic E-state index is -0.193. The van der Waals surface area contributed by atoms with Crippen LogP contribution >= 0.6 is 44.7 Å². The summed E-state index contributed by atoms with van der Waals surface area (Å²) in [7, 11) is 3.46. The molecule has 0 aliphatic carbocycles. The van der Waals surface area contributed by atoms with Gasteiger partial charge in [-0.25, -0.2) is 9.29 Å². The van der Waals surface area contributed by atoms with Crippen LogP contribution in [0.4, 0.5) is 0 Å². The van der Waals surface area contributed by atoms with Gasteiger partial charge in [-0.3, -0.25) is 0 Å². The fourth-order valence-corrected chi connectivity index (χ4v) is 5.05. The lowest BCUT2D eigenvalue weighted by Gasteiger charge is -2.27. The van der Waals surface area contributed by atoms with E-state index in [1.807, 2.05) is 5.51 Å². The van der Waals surface area contributed by atoms with Crippen molar-refractivity contribution in [2.45, 2.75) is 10.5 Å². The van der Waals surface area contributed by atoms with Gasteiger partial charge in [0.05, 0.1) is 28.9 Å². The molecular weight excluding hydrogens is 308 g/mol. The van der Waals surface area contributed by atoms with Gasteiger partial charge in [-0.1, -0.05) is 17.7 Å². The lowest BCUT2D eigenvalue weighted by atomic mass is 10.3. The van der Waals surface area contributed by atoms with E-state index in [1.165, 1.54) is 9.60 Å². The van der Waals surface area contributed by atoms with Gasteiger partial charge in [0.25, 0.3) is 0 Å². The molecule has 18 heavy (non-hydrogen) atoms. The predicted molar refractivity (Wildman–Crippen MR) is 80.2 cm³/mol. The van der Waals surface area contributed by atoms with Crippen molar-refractivity contribution >= 4 is 54.9 Å². The molecule has 1 atom stereocenters. The minimum Gasteiger partial charge on any atom is -0.360 e. The molecule has 1 fully saturated rings. The van der Waals surface area contributed by atoms with Crippen LogP contribution in [0.2, 0.25) is 0 Å². The summed E-state index contributed by atoms with van der Waals surface area (Å²) in [5, 5.41) is 0. The quantitative estimate of drug-likeness (QED) is 0.486. The number of nitrogens with zero attached hydrogens (tertiary/aromatic N) is 2. The van der Waals surface area contributed by atoms with E-state index in [9.17, 15) is 0 Å². The number of aromatic nitrogens is 1. The Labute approximate surface area is 122 Å². The number of rotatable bonds is 3. The van der Waals surface area contributed by atoms with Crippen LogP contribution in [0.3, 0.4) is 0 Å². The zero-order valence-corrected chi connectivity index (χ0v) is 12.6. The highest BCUT2D eigenvalue weighted by molar-refractivity contribution is 8.75. The number of benzene rings is 1. The number of ether oxygens (including phenoxy) is 1. The molecular formula is C11H11ClN2OS3. The number of para-hydroxylation sites is 1. The smallest absolute Gasteiger partial charge is 0.144 e. The van der Waals surface area contributed by atoms with Crippen LogP contribution in [0.1, 0.15) is 0 Å². The molecule has 3 nitrogen and oxygen atoms in total. The second kappa shape index (κ2) is 5.98. The van der Waals surface area contributed by atoms with Crippen LogP contribution in [0.25, 0.3) is 10.2 Å². The van der Waals surface area contributed by atoms with Crippen LogP contribution in [-0.4, -0.2) is 34.5 Å². The third-order valence-electron chi connectivity index (χ3n) is 2.54. The lowest BCUT2D eigenvalue weighted by Crippen LogP contribution is -2.35. The zero-order chi connectivity index (χ0) is 12.4. The van der Waals surface area contributed by atoms with Gasteiger partial charge >= 0.3 is 0 Å². The van der Waals surface area contributed by atoms with E-state index < -0.39 is 0 Å². The van der Waals surface area contributed by atoms with Gasteiger partial charge in [0.15, 0.2) is 0 Å². The first-order valence-corrected chi connectivity index (χ1v) is 8.93. The maximum absolute atomic E-state index is 5.97. The number of hydrogen-bond donors (Lipinski definition) is 0. The maximum atomic E-state index is 5.97. The van der Waals surface area contributed by atoms with E-state index >= 15 is 0 Å². The SMILES string of the molecule is ClC1CN(SSc2cccc3scnc23)CCO1. The van der Waals surface area contributed by atoms with Gasteiger partial charge in [0, 0.05) is 11.4 Å². The molecule has 0 N–H and O–H groups in total. The first-order chi connectivity index (χ1) is 8.83. The van der Waals surface area contributed by atoms with E-state index in [-0.39, 0.29) is 5.56 Å². The van der Waals surface area contributed by atoms with Crippen molar-refractivity contribution in [2.24, 2.45) is 0 Å². The highest BCUT2D eigenvalue weighted by Gasteiger charge is 2.19. The fourth-order valence-electron chi connectivity index (χ4n) is 1.67. The van der Waals surface area contributed by atoms with E-state index in [0.717, 1.165) is 18.6 Å². The molecule has 0 spiro atoms. The normalized spacial score (nSPS) is 21.5. The molecule has 1 saturated heterocycles. The average molecular weight is 319 g/mol. The Kier molecular flexibility index (Phi) is 4.33. The summed E-state index contributed by atoms with van der Waals surface area (Å²) in [6.45, 7) is 2.36. The fraction of sp³-hybridized carbons (Fsp3) is 0.364. The predicted octanol–water partition coefficient (Wildman–Crippen LogP) is 3.85. The van der Waals surface area contributed by atoms with Crippen LogP contribution in [0, 0.1) is 0 Å². The number of thiazole rings is 1. The van der Waals surface area contributed by atoms with Crippen molar-refractivity contribution in [3.63, 3.8) is 0 Å². The Hall–Kier alpha value is 0.0200. The minimum absolute atomic E-state index is 0.193. The van der Waals surface area contributed by atoms with Crippen molar-refractivity contribution in [3.8, 4) is 0 Å². The number of alkyl halides is 1. The molecule has 0 bridgehead atoms. The molecule has 2 heterocycles. The van der Waals surface area contributed by atoms with Gasteiger partial charge in [-0.15, -0.1) is 11.3 Å². The highest BCUT2D eigenvalue weighted by Crippen LogP contribution is 2.39.